The predicted octanol–water partition coefficient (Wildman–Crippen LogP) is 1.70. The number of carbonyl (C=O) groups excluding carboxylic acids is 1. The molecule has 1 amide bonds. The molecule has 1 aliphatic heterocycles. The van der Waals surface area contributed by atoms with Gasteiger partial charge in [0.15, 0.2) is 5.96 Å². The van der Waals surface area contributed by atoms with Crippen molar-refractivity contribution in [3.63, 3.8) is 0 Å². The van der Waals surface area contributed by atoms with Gasteiger partial charge in [0.25, 0.3) is 0 Å². The summed E-state index contributed by atoms with van der Waals surface area (Å²) >= 11 is 2.01. The first kappa shape index (κ1) is 18.1. The molecule has 1 rings (SSSR count). The van der Waals surface area contributed by atoms with Gasteiger partial charge in [-0.3, -0.25) is 9.79 Å². The SMILES string of the molecule is CCCNC(=O)CCN=C(NCC)N1CCSC(C)(C)C1. The third-order valence-electron chi connectivity index (χ3n) is 3.23. The maximum absolute atomic E-state index is 11.6. The first-order valence-corrected chi connectivity index (χ1v) is 8.91. The number of nitrogens with zero attached hydrogens (tertiary/aromatic N) is 2. The van der Waals surface area contributed by atoms with E-state index in [4.69, 9.17) is 0 Å². The average molecular weight is 314 g/mol. The second kappa shape index (κ2) is 9.18. The van der Waals surface area contributed by atoms with E-state index in [0.717, 1.165) is 44.3 Å². The highest BCUT2D eigenvalue weighted by Crippen LogP contribution is 2.29. The molecule has 0 saturated carbocycles. The van der Waals surface area contributed by atoms with Crippen molar-refractivity contribution in [3.8, 4) is 0 Å². The minimum atomic E-state index is 0.0889. The van der Waals surface area contributed by atoms with Crippen molar-refractivity contribution in [2.75, 3.05) is 38.5 Å². The second-order valence-corrected chi connectivity index (χ2v) is 7.67. The molecule has 0 unspecified atom stereocenters. The lowest BCUT2D eigenvalue weighted by Gasteiger charge is -2.39. The van der Waals surface area contributed by atoms with Crippen LogP contribution < -0.4 is 10.6 Å². The molecule has 5 nitrogen and oxygen atoms in total. The number of hydrogen-bond donors (Lipinski definition) is 2. The van der Waals surface area contributed by atoms with Gasteiger partial charge in [-0.1, -0.05) is 6.92 Å². The summed E-state index contributed by atoms with van der Waals surface area (Å²) in [5.41, 5.74) is 0. The van der Waals surface area contributed by atoms with Gasteiger partial charge in [-0.15, -0.1) is 0 Å². The summed E-state index contributed by atoms with van der Waals surface area (Å²) in [7, 11) is 0. The quantitative estimate of drug-likeness (QED) is 0.579. The Morgan fingerprint density at radius 1 is 1.33 bits per heavy atom. The highest BCUT2D eigenvalue weighted by molar-refractivity contribution is 8.00. The minimum Gasteiger partial charge on any atom is -0.357 e. The molecule has 1 aliphatic rings. The van der Waals surface area contributed by atoms with E-state index in [2.05, 4.69) is 48.2 Å². The van der Waals surface area contributed by atoms with Crippen LogP contribution in [0.1, 0.15) is 40.5 Å². The molecule has 0 aromatic heterocycles. The van der Waals surface area contributed by atoms with Crippen LogP contribution in [0.2, 0.25) is 0 Å². The van der Waals surface area contributed by atoms with Crippen LogP contribution in [0.5, 0.6) is 0 Å². The van der Waals surface area contributed by atoms with Crippen molar-refractivity contribution in [1.29, 1.82) is 0 Å². The number of rotatable bonds is 6. The van der Waals surface area contributed by atoms with E-state index in [-0.39, 0.29) is 10.7 Å². The van der Waals surface area contributed by atoms with E-state index in [1.807, 2.05) is 11.8 Å². The molecule has 21 heavy (non-hydrogen) atoms. The van der Waals surface area contributed by atoms with E-state index >= 15 is 0 Å². The summed E-state index contributed by atoms with van der Waals surface area (Å²) in [5.74, 6) is 2.15. The number of thioether (sulfide) groups is 1. The van der Waals surface area contributed by atoms with Gasteiger partial charge in [-0.25, -0.2) is 0 Å². The Morgan fingerprint density at radius 2 is 2.10 bits per heavy atom. The molecule has 0 aliphatic carbocycles. The Bertz CT molecular complexity index is 358. The molecule has 0 atom stereocenters. The van der Waals surface area contributed by atoms with Crippen LogP contribution in [-0.4, -0.2) is 60.0 Å². The van der Waals surface area contributed by atoms with Crippen molar-refractivity contribution < 1.29 is 4.79 Å². The first-order valence-electron chi connectivity index (χ1n) is 7.92. The Hall–Kier alpha value is -0.910. The van der Waals surface area contributed by atoms with Gasteiger partial charge >= 0.3 is 0 Å². The zero-order valence-corrected chi connectivity index (χ0v) is 14.7. The molecule has 1 saturated heterocycles. The van der Waals surface area contributed by atoms with Crippen LogP contribution in [0.4, 0.5) is 0 Å². The summed E-state index contributed by atoms with van der Waals surface area (Å²) in [5, 5.41) is 6.23. The van der Waals surface area contributed by atoms with Crippen LogP contribution in [-0.2, 0) is 4.79 Å². The molecule has 0 aromatic rings. The molecular formula is C15H30N4OS. The van der Waals surface area contributed by atoms with Gasteiger partial charge in [0, 0.05) is 43.1 Å². The highest BCUT2D eigenvalue weighted by atomic mass is 32.2. The Morgan fingerprint density at radius 3 is 2.71 bits per heavy atom. The molecule has 1 fully saturated rings. The third kappa shape index (κ3) is 7.07. The van der Waals surface area contributed by atoms with Crippen LogP contribution in [0.3, 0.4) is 0 Å². The van der Waals surface area contributed by atoms with Crippen LogP contribution in [0.25, 0.3) is 0 Å². The first-order chi connectivity index (χ1) is 9.98. The topological polar surface area (TPSA) is 56.7 Å². The van der Waals surface area contributed by atoms with Gasteiger partial charge in [0.1, 0.15) is 0 Å². The summed E-state index contributed by atoms with van der Waals surface area (Å²) in [4.78, 5) is 18.5. The summed E-state index contributed by atoms with van der Waals surface area (Å²) in [6, 6.07) is 0. The smallest absolute Gasteiger partial charge is 0.221 e. The van der Waals surface area contributed by atoms with Crippen LogP contribution >= 0.6 is 11.8 Å². The largest absolute Gasteiger partial charge is 0.357 e. The third-order valence-corrected chi connectivity index (χ3v) is 4.53. The molecule has 122 valence electrons. The lowest BCUT2D eigenvalue weighted by molar-refractivity contribution is -0.120. The standard InChI is InChI=1S/C15H30N4OS/c1-5-8-17-13(20)7-9-18-14(16-6-2)19-10-11-21-15(3,4)12-19/h5-12H2,1-4H3,(H,16,18)(H,17,20). The molecule has 0 spiro atoms. The number of hydrogen-bond acceptors (Lipinski definition) is 3. The fourth-order valence-electron chi connectivity index (χ4n) is 2.24. The summed E-state index contributed by atoms with van der Waals surface area (Å²) in [6.07, 6.45) is 1.43. The fourth-order valence-corrected chi connectivity index (χ4v) is 3.35. The Labute approximate surface area is 133 Å². The number of carbonyl (C=O) groups is 1. The van der Waals surface area contributed by atoms with Gasteiger partial charge in [-0.2, -0.15) is 11.8 Å². The van der Waals surface area contributed by atoms with Crippen molar-refractivity contribution in [2.24, 2.45) is 4.99 Å². The van der Waals surface area contributed by atoms with Crippen molar-refractivity contribution in [3.05, 3.63) is 0 Å². The highest BCUT2D eigenvalue weighted by Gasteiger charge is 2.28. The number of aliphatic imine (C=N–C) groups is 1. The summed E-state index contributed by atoms with van der Waals surface area (Å²) in [6.45, 7) is 12.8. The van der Waals surface area contributed by atoms with Crippen LogP contribution in [0, 0.1) is 0 Å². The minimum absolute atomic E-state index is 0.0889. The fraction of sp³-hybridized carbons (Fsp3) is 0.867. The van der Waals surface area contributed by atoms with Gasteiger partial charge in [0.2, 0.25) is 5.91 Å². The van der Waals surface area contributed by atoms with Crippen molar-refractivity contribution >= 4 is 23.6 Å². The zero-order valence-electron chi connectivity index (χ0n) is 13.9. The number of nitrogens with one attached hydrogen (secondary N) is 2. The van der Waals surface area contributed by atoms with Crippen molar-refractivity contribution in [1.82, 2.24) is 15.5 Å². The number of amides is 1. The average Bonchev–Trinajstić information content (AvgIpc) is 2.43. The molecule has 0 aromatic carbocycles. The molecule has 0 radical (unpaired) electrons. The van der Waals surface area contributed by atoms with Gasteiger partial charge in [-0.05, 0) is 27.2 Å². The molecule has 6 heteroatoms. The summed E-state index contributed by atoms with van der Waals surface area (Å²) < 4.78 is 0.257. The molecular weight excluding hydrogens is 284 g/mol. The van der Waals surface area contributed by atoms with Crippen LogP contribution in [0.15, 0.2) is 4.99 Å². The molecule has 2 N–H and O–H groups in total. The maximum Gasteiger partial charge on any atom is 0.221 e. The lowest BCUT2D eigenvalue weighted by atomic mass is 10.2. The van der Waals surface area contributed by atoms with E-state index in [0.29, 0.717) is 13.0 Å². The predicted molar refractivity (Wildman–Crippen MR) is 92.0 cm³/mol. The van der Waals surface area contributed by atoms with Gasteiger partial charge in [0.05, 0.1) is 6.54 Å². The second-order valence-electron chi connectivity index (χ2n) is 5.87. The maximum atomic E-state index is 11.6. The monoisotopic (exact) mass is 314 g/mol. The van der Waals surface area contributed by atoms with Gasteiger partial charge < -0.3 is 15.5 Å². The van der Waals surface area contributed by atoms with E-state index in [9.17, 15) is 4.79 Å². The Kier molecular flexibility index (Phi) is 7.93. The van der Waals surface area contributed by atoms with Crippen molar-refractivity contribution in [2.45, 2.75) is 45.3 Å². The lowest BCUT2D eigenvalue weighted by Crippen LogP contribution is -2.51. The van der Waals surface area contributed by atoms with E-state index < -0.39 is 0 Å². The molecule has 1 heterocycles. The zero-order chi connectivity index (χ0) is 15.7. The van der Waals surface area contributed by atoms with E-state index in [1.165, 1.54) is 0 Å². The normalized spacial score (nSPS) is 18.5. The Balaban J connectivity index is 2.51. The van der Waals surface area contributed by atoms with E-state index in [1.54, 1.807) is 0 Å². The number of guanidine groups is 1. The molecule has 0 bridgehead atoms.